The lowest BCUT2D eigenvalue weighted by Crippen LogP contribution is -2.45. The van der Waals surface area contributed by atoms with Crippen molar-refractivity contribution in [1.29, 1.82) is 0 Å². The van der Waals surface area contributed by atoms with Crippen LogP contribution in [0, 0.1) is 11.2 Å². The summed E-state index contributed by atoms with van der Waals surface area (Å²) in [7, 11) is 3.24. The van der Waals surface area contributed by atoms with Crippen LogP contribution in [0.1, 0.15) is 68.4 Å². The smallest absolute Gasteiger partial charge is 0.256 e. The second-order valence-electron chi connectivity index (χ2n) is 14.6. The van der Waals surface area contributed by atoms with E-state index < -0.39 is 23.9 Å². The van der Waals surface area contributed by atoms with E-state index in [1.54, 1.807) is 49.5 Å². The fraction of sp³-hybridized carbons (Fsp3) is 0.395. The van der Waals surface area contributed by atoms with Gasteiger partial charge in [-0.3, -0.25) is 9.59 Å². The molecule has 0 aliphatic carbocycles. The topological polar surface area (TPSA) is 98.4 Å². The molecule has 1 aliphatic rings. The first-order valence-corrected chi connectivity index (χ1v) is 18.7. The number of anilines is 1. The van der Waals surface area contributed by atoms with Gasteiger partial charge >= 0.3 is 0 Å². The number of methoxy groups -OCH3 is 2. The molecule has 2 atom stereocenters. The number of nitrogens with one attached hydrogen (secondary N) is 2. The lowest BCUT2D eigenvalue weighted by Gasteiger charge is -2.31. The molecule has 4 aromatic rings. The molecule has 0 spiro atoms. The predicted octanol–water partition coefficient (Wildman–Crippen LogP) is 8.48. The highest BCUT2D eigenvalue weighted by atomic mass is 35.5. The molecule has 4 aromatic carbocycles. The minimum atomic E-state index is -1.17. The maximum atomic E-state index is 14.4. The average Bonchev–Trinajstić information content (AvgIpc) is 3.25. The van der Waals surface area contributed by atoms with Gasteiger partial charge in [-0.05, 0) is 85.8 Å². The fourth-order valence-corrected chi connectivity index (χ4v) is 6.66. The van der Waals surface area contributed by atoms with E-state index in [2.05, 4.69) is 22.8 Å². The normalized spacial score (nSPS) is 15.4. The van der Waals surface area contributed by atoms with Crippen LogP contribution in [0.25, 0.3) is 0 Å². The van der Waals surface area contributed by atoms with Crippen LogP contribution in [0.2, 0.25) is 5.02 Å². The van der Waals surface area contributed by atoms with Crippen LogP contribution >= 0.6 is 24.0 Å². The van der Waals surface area contributed by atoms with Crippen LogP contribution in [-0.2, 0) is 27.3 Å². The van der Waals surface area contributed by atoms with Crippen molar-refractivity contribution in [3.05, 3.63) is 118 Å². The highest BCUT2D eigenvalue weighted by Gasteiger charge is 2.40. The van der Waals surface area contributed by atoms with Gasteiger partial charge in [-0.2, -0.15) is 0 Å². The van der Waals surface area contributed by atoms with E-state index in [1.165, 1.54) is 11.6 Å². The van der Waals surface area contributed by atoms with Gasteiger partial charge in [0.25, 0.3) is 5.91 Å². The summed E-state index contributed by atoms with van der Waals surface area (Å²) in [4.78, 5) is 29.4. The summed E-state index contributed by atoms with van der Waals surface area (Å²) in [6.45, 7) is 8.56. The van der Waals surface area contributed by atoms with Gasteiger partial charge in [0.1, 0.15) is 23.8 Å². The Kier molecular flexibility index (Phi) is 16.2. The maximum Gasteiger partial charge on any atom is 0.256 e. The Balaban J connectivity index is 0.00000673. The first-order chi connectivity index (χ1) is 26.0. The van der Waals surface area contributed by atoms with E-state index in [-0.39, 0.29) is 36.7 Å². The van der Waals surface area contributed by atoms with E-state index in [4.69, 9.17) is 30.5 Å². The van der Waals surface area contributed by atoms with Gasteiger partial charge in [0, 0.05) is 40.5 Å². The minimum Gasteiger partial charge on any atom is -0.497 e. The molecule has 1 heterocycles. The Morgan fingerprint density at radius 2 is 1.69 bits per heavy atom. The van der Waals surface area contributed by atoms with Gasteiger partial charge in [-0.25, -0.2) is 4.39 Å². The summed E-state index contributed by atoms with van der Waals surface area (Å²) in [5.74, 6) is 0.620. The third-order valence-corrected chi connectivity index (χ3v) is 9.28. The number of ether oxygens (including phenoxy) is 4. The molecule has 0 bridgehead atoms. The molecule has 0 saturated heterocycles. The molecule has 5 rings (SSSR count). The number of hydrogen-bond acceptors (Lipinski definition) is 7. The second-order valence-corrected chi connectivity index (χ2v) is 15.0. The van der Waals surface area contributed by atoms with Gasteiger partial charge in [-0.1, -0.05) is 74.8 Å². The van der Waals surface area contributed by atoms with Crippen molar-refractivity contribution < 1.29 is 32.9 Å². The largest absolute Gasteiger partial charge is 0.497 e. The summed E-state index contributed by atoms with van der Waals surface area (Å²) in [6.07, 6.45) is 0.430. The lowest BCUT2D eigenvalue weighted by molar-refractivity contribution is -0.138. The molecule has 2 amide bonds. The summed E-state index contributed by atoms with van der Waals surface area (Å²) in [5.41, 5.74) is 3.20. The number of carbonyl (C=O) groups excluding carboxylic acids is 2. The number of aryl methyl sites for hydroxylation is 1. The molecule has 0 saturated carbocycles. The third-order valence-electron chi connectivity index (χ3n) is 9.05. The number of carbonyl (C=O) groups is 2. The van der Waals surface area contributed by atoms with E-state index in [1.807, 2.05) is 57.2 Å². The van der Waals surface area contributed by atoms with E-state index >= 15 is 0 Å². The Morgan fingerprint density at radius 3 is 2.44 bits per heavy atom. The highest BCUT2D eigenvalue weighted by molar-refractivity contribution is 6.30. The number of halogens is 3. The molecule has 2 N–H and O–H groups in total. The molecule has 0 radical (unpaired) electrons. The van der Waals surface area contributed by atoms with Crippen molar-refractivity contribution in [3.63, 3.8) is 0 Å². The van der Waals surface area contributed by atoms with E-state index in [0.717, 1.165) is 38.1 Å². The van der Waals surface area contributed by atoms with Gasteiger partial charge in [0.15, 0.2) is 11.5 Å². The average molecular weight is 797 g/mol. The van der Waals surface area contributed by atoms with Crippen molar-refractivity contribution >= 4 is 41.5 Å². The Hall–Kier alpha value is -4.35. The van der Waals surface area contributed by atoms with Crippen LogP contribution in [0.3, 0.4) is 0 Å². The van der Waals surface area contributed by atoms with Gasteiger partial charge in [0.05, 0.1) is 27.2 Å². The summed E-state index contributed by atoms with van der Waals surface area (Å²) in [5, 5.41) is 6.71. The zero-order chi connectivity index (χ0) is 38.7. The molecule has 0 aromatic heterocycles. The van der Waals surface area contributed by atoms with Crippen LogP contribution in [0.15, 0.2) is 84.9 Å². The molecular formula is C43H52Cl2FN3O6. The molecule has 12 heteroatoms. The first kappa shape index (κ1) is 43.4. The standard InChI is InChI=1S/C43H51ClFN3O6.ClH/c1-43(2,3)28-48-36-20-19-31(44)25-34(36)40(54-38(42(48)50)26-39(49)47-27-30-14-6-7-17-35(30)45)33-16-9-18-37(41(33)52-5)53-23-11-22-46-21-10-13-29-12-8-15-32(24-29)51-4;/h6-9,12,14-20,24-25,38,40,46H,10-11,13,21-23,26-28H2,1-5H3,(H,47,49);1H/t38-,40-;/m1./s1. The Morgan fingerprint density at radius 1 is 0.927 bits per heavy atom. The molecule has 0 unspecified atom stereocenters. The van der Waals surface area contributed by atoms with E-state index in [0.29, 0.717) is 52.1 Å². The highest BCUT2D eigenvalue weighted by Crippen LogP contribution is 2.45. The minimum absolute atomic E-state index is 0. The molecule has 55 heavy (non-hydrogen) atoms. The number of nitrogens with zero attached hydrogens (tertiary/aromatic N) is 1. The number of fused-ring (bicyclic) bond motifs is 1. The van der Waals surface area contributed by atoms with E-state index in [9.17, 15) is 14.0 Å². The summed E-state index contributed by atoms with van der Waals surface area (Å²) >= 11 is 6.59. The van der Waals surface area contributed by atoms with Crippen molar-refractivity contribution in [1.82, 2.24) is 10.6 Å². The zero-order valence-electron chi connectivity index (χ0n) is 32.2. The number of hydrogen-bond donors (Lipinski definition) is 2. The SMILES string of the molecule is COc1cccc(CCCNCCCOc2cccc([C@H]3O[C@H](CC(=O)NCc4ccccc4F)C(=O)N(CC(C)(C)C)c4ccc(Cl)cc43)c2OC)c1.Cl. The molecule has 1 aliphatic heterocycles. The van der Waals surface area contributed by atoms with Crippen molar-refractivity contribution in [2.75, 3.05) is 45.4 Å². The van der Waals surface area contributed by atoms with Gasteiger partial charge < -0.3 is 34.5 Å². The lowest BCUT2D eigenvalue weighted by atomic mass is 9.94. The van der Waals surface area contributed by atoms with Crippen LogP contribution in [-0.4, -0.2) is 58.4 Å². The molecule has 296 valence electrons. The zero-order valence-corrected chi connectivity index (χ0v) is 33.7. The third kappa shape index (κ3) is 12.1. The van der Waals surface area contributed by atoms with Crippen LogP contribution in [0.5, 0.6) is 17.2 Å². The quantitative estimate of drug-likeness (QED) is 0.104. The second kappa shape index (κ2) is 20.5. The predicted molar refractivity (Wildman–Crippen MR) is 217 cm³/mol. The number of benzene rings is 4. The number of amides is 2. The van der Waals surface area contributed by atoms with Gasteiger partial charge in [-0.15, -0.1) is 12.4 Å². The maximum absolute atomic E-state index is 14.4. The number of para-hydroxylation sites is 1. The molecule has 9 nitrogen and oxygen atoms in total. The van der Waals surface area contributed by atoms with Crippen LogP contribution < -0.4 is 29.7 Å². The number of rotatable bonds is 17. The first-order valence-electron chi connectivity index (χ1n) is 18.4. The van der Waals surface area contributed by atoms with Crippen molar-refractivity contribution in [2.24, 2.45) is 5.41 Å². The monoisotopic (exact) mass is 795 g/mol. The summed E-state index contributed by atoms with van der Waals surface area (Å²) in [6, 6.07) is 25.3. The Bertz CT molecular complexity index is 1890. The fourth-order valence-electron chi connectivity index (χ4n) is 6.48. The summed E-state index contributed by atoms with van der Waals surface area (Å²) < 4.78 is 38.5. The van der Waals surface area contributed by atoms with Gasteiger partial charge in [0.2, 0.25) is 5.91 Å². The Labute approximate surface area is 335 Å². The van der Waals surface area contributed by atoms with Crippen molar-refractivity contribution in [2.45, 2.75) is 65.2 Å². The molecular weight excluding hydrogens is 744 g/mol. The van der Waals surface area contributed by atoms with Crippen molar-refractivity contribution in [3.8, 4) is 17.2 Å². The van der Waals surface area contributed by atoms with Crippen LogP contribution in [0.4, 0.5) is 10.1 Å². The molecule has 0 fully saturated rings.